The summed E-state index contributed by atoms with van der Waals surface area (Å²) in [5.41, 5.74) is 0. The van der Waals surface area contributed by atoms with Crippen LogP contribution in [0.5, 0.6) is 5.75 Å². The number of carbonyl (C=O) groups excluding carboxylic acids is 2. The van der Waals surface area contributed by atoms with Crippen molar-refractivity contribution in [1.82, 2.24) is 4.90 Å². The summed E-state index contributed by atoms with van der Waals surface area (Å²) < 4.78 is 5.54. The van der Waals surface area contributed by atoms with E-state index in [0.29, 0.717) is 31.1 Å². The van der Waals surface area contributed by atoms with E-state index in [4.69, 9.17) is 16.3 Å². The average Bonchev–Trinajstić information content (AvgIpc) is 2.39. The lowest BCUT2D eigenvalue weighted by molar-refractivity contribution is -0.139. The Labute approximate surface area is 117 Å². The first-order chi connectivity index (χ1) is 9.15. The highest BCUT2D eigenvalue weighted by atomic mass is 35.5. The molecule has 1 aliphatic rings. The van der Waals surface area contributed by atoms with Crippen molar-refractivity contribution < 1.29 is 14.3 Å². The van der Waals surface area contributed by atoms with Gasteiger partial charge >= 0.3 is 0 Å². The fourth-order valence-electron chi connectivity index (χ4n) is 1.97. The van der Waals surface area contributed by atoms with Gasteiger partial charge in [0.05, 0.1) is 13.0 Å². The lowest BCUT2D eigenvalue weighted by atomic mass is 10.1. The van der Waals surface area contributed by atoms with E-state index in [1.165, 1.54) is 0 Å². The SMILES string of the molecule is O=C1CCN(CCCOc2ccc(Cl)cc2)C(=O)C1. The lowest BCUT2D eigenvalue weighted by Gasteiger charge is -2.25. The van der Waals surface area contributed by atoms with E-state index in [1.54, 1.807) is 17.0 Å². The third-order valence-corrected chi connectivity index (χ3v) is 3.27. The van der Waals surface area contributed by atoms with Crippen LogP contribution < -0.4 is 4.74 Å². The number of nitrogens with zero attached hydrogens (tertiary/aromatic N) is 1. The van der Waals surface area contributed by atoms with Gasteiger partial charge in [-0.15, -0.1) is 0 Å². The molecular formula is C14H16ClNO3. The second kappa shape index (κ2) is 6.57. The molecule has 0 radical (unpaired) electrons. The topological polar surface area (TPSA) is 46.6 Å². The van der Waals surface area contributed by atoms with Crippen LogP contribution in [-0.2, 0) is 9.59 Å². The number of piperidine rings is 1. The molecule has 0 atom stereocenters. The van der Waals surface area contributed by atoms with E-state index in [1.807, 2.05) is 12.1 Å². The van der Waals surface area contributed by atoms with Crippen LogP contribution in [0.25, 0.3) is 0 Å². The van der Waals surface area contributed by atoms with Gasteiger partial charge in [-0.25, -0.2) is 0 Å². The summed E-state index contributed by atoms with van der Waals surface area (Å²) in [7, 11) is 0. The Morgan fingerprint density at radius 3 is 2.63 bits per heavy atom. The molecule has 0 aliphatic carbocycles. The molecule has 1 heterocycles. The Balaban J connectivity index is 1.68. The number of hydrogen-bond donors (Lipinski definition) is 0. The molecule has 0 spiro atoms. The van der Waals surface area contributed by atoms with E-state index in [9.17, 15) is 9.59 Å². The molecule has 1 aromatic rings. The van der Waals surface area contributed by atoms with Crippen LogP contribution in [0.1, 0.15) is 19.3 Å². The van der Waals surface area contributed by atoms with Gasteiger partial charge in [-0.3, -0.25) is 9.59 Å². The minimum atomic E-state index is -0.0669. The van der Waals surface area contributed by atoms with Gasteiger partial charge in [0.1, 0.15) is 11.5 Å². The molecule has 0 bridgehead atoms. The van der Waals surface area contributed by atoms with Crippen LogP contribution in [0.2, 0.25) is 5.02 Å². The second-order valence-electron chi connectivity index (χ2n) is 4.50. The standard InChI is InChI=1S/C14H16ClNO3/c15-11-2-4-13(5-3-11)19-9-1-7-16-8-6-12(17)10-14(16)18/h2-5H,1,6-10H2. The summed E-state index contributed by atoms with van der Waals surface area (Å²) in [5, 5.41) is 0.677. The van der Waals surface area contributed by atoms with Gasteiger partial charge in [0, 0.05) is 24.5 Å². The second-order valence-corrected chi connectivity index (χ2v) is 4.94. The zero-order valence-electron chi connectivity index (χ0n) is 10.6. The molecule has 5 heteroatoms. The van der Waals surface area contributed by atoms with Gasteiger partial charge < -0.3 is 9.64 Å². The van der Waals surface area contributed by atoms with Crippen LogP contribution in [0.4, 0.5) is 0 Å². The number of hydrogen-bond acceptors (Lipinski definition) is 3. The molecular weight excluding hydrogens is 266 g/mol. The zero-order valence-corrected chi connectivity index (χ0v) is 11.4. The Hall–Kier alpha value is -1.55. The molecule has 19 heavy (non-hydrogen) atoms. The number of likely N-dealkylation sites (tertiary alicyclic amines) is 1. The number of ketones is 1. The van der Waals surface area contributed by atoms with E-state index in [-0.39, 0.29) is 18.1 Å². The molecule has 1 fully saturated rings. The molecule has 1 saturated heterocycles. The van der Waals surface area contributed by atoms with Crippen LogP contribution in [-0.4, -0.2) is 36.3 Å². The lowest BCUT2D eigenvalue weighted by Crippen LogP contribution is -2.39. The number of Topliss-reactive ketones (excluding diaryl/α,β-unsaturated/α-hetero) is 1. The fourth-order valence-corrected chi connectivity index (χ4v) is 2.09. The first-order valence-electron chi connectivity index (χ1n) is 6.33. The third kappa shape index (κ3) is 4.24. The van der Waals surface area contributed by atoms with Gasteiger partial charge in [0.25, 0.3) is 0 Å². The summed E-state index contributed by atoms with van der Waals surface area (Å²) in [5.74, 6) is 0.742. The van der Waals surface area contributed by atoms with E-state index in [0.717, 1.165) is 12.2 Å². The highest BCUT2D eigenvalue weighted by Gasteiger charge is 2.22. The van der Waals surface area contributed by atoms with E-state index < -0.39 is 0 Å². The van der Waals surface area contributed by atoms with Crippen LogP contribution in [0.3, 0.4) is 0 Å². The molecule has 1 aromatic carbocycles. The average molecular weight is 282 g/mol. The van der Waals surface area contributed by atoms with Crippen molar-refractivity contribution in [3.05, 3.63) is 29.3 Å². The smallest absolute Gasteiger partial charge is 0.230 e. The molecule has 2 rings (SSSR count). The maximum atomic E-state index is 11.6. The van der Waals surface area contributed by atoms with Crippen LogP contribution in [0.15, 0.2) is 24.3 Å². The zero-order chi connectivity index (χ0) is 13.7. The Morgan fingerprint density at radius 1 is 1.21 bits per heavy atom. The maximum Gasteiger partial charge on any atom is 0.230 e. The van der Waals surface area contributed by atoms with Crippen molar-refractivity contribution >= 4 is 23.3 Å². The van der Waals surface area contributed by atoms with Crippen molar-refractivity contribution in [1.29, 1.82) is 0 Å². The molecule has 102 valence electrons. The van der Waals surface area contributed by atoms with E-state index >= 15 is 0 Å². The summed E-state index contributed by atoms with van der Waals surface area (Å²) in [6.07, 6.45) is 1.28. The Morgan fingerprint density at radius 2 is 1.95 bits per heavy atom. The molecule has 0 saturated carbocycles. The summed E-state index contributed by atoms with van der Waals surface area (Å²) >= 11 is 5.78. The summed E-state index contributed by atoms with van der Waals surface area (Å²) in [6, 6.07) is 7.17. The predicted octanol–water partition coefficient (Wildman–Crippen LogP) is 2.30. The molecule has 0 aromatic heterocycles. The Kier molecular flexibility index (Phi) is 4.80. The number of halogens is 1. The van der Waals surface area contributed by atoms with Crippen LogP contribution >= 0.6 is 11.6 Å². The van der Waals surface area contributed by atoms with Crippen molar-refractivity contribution in [3.8, 4) is 5.75 Å². The van der Waals surface area contributed by atoms with Crippen molar-refractivity contribution in [2.24, 2.45) is 0 Å². The fraction of sp³-hybridized carbons (Fsp3) is 0.429. The highest BCUT2D eigenvalue weighted by molar-refractivity contribution is 6.30. The number of ether oxygens (including phenoxy) is 1. The first kappa shape index (κ1) is 13.9. The minimum absolute atomic E-state index is 0.0404. The number of benzene rings is 1. The monoisotopic (exact) mass is 281 g/mol. The summed E-state index contributed by atoms with van der Waals surface area (Å²) in [6.45, 7) is 1.72. The predicted molar refractivity (Wildman–Crippen MR) is 72.4 cm³/mol. The number of rotatable bonds is 5. The van der Waals surface area contributed by atoms with Crippen molar-refractivity contribution in [2.45, 2.75) is 19.3 Å². The quantitative estimate of drug-likeness (QED) is 0.615. The molecule has 1 aliphatic heterocycles. The van der Waals surface area contributed by atoms with E-state index in [2.05, 4.69) is 0 Å². The number of amides is 1. The largest absolute Gasteiger partial charge is 0.494 e. The van der Waals surface area contributed by atoms with Gasteiger partial charge in [0.2, 0.25) is 5.91 Å². The van der Waals surface area contributed by atoms with Gasteiger partial charge in [-0.05, 0) is 30.7 Å². The first-order valence-corrected chi connectivity index (χ1v) is 6.71. The number of carbonyl (C=O) groups is 2. The molecule has 0 unspecified atom stereocenters. The van der Waals surface area contributed by atoms with Gasteiger partial charge in [-0.1, -0.05) is 11.6 Å². The molecule has 4 nitrogen and oxygen atoms in total. The maximum absolute atomic E-state index is 11.6. The third-order valence-electron chi connectivity index (χ3n) is 3.02. The van der Waals surface area contributed by atoms with Gasteiger partial charge in [0.15, 0.2) is 0 Å². The van der Waals surface area contributed by atoms with Crippen LogP contribution in [0, 0.1) is 0 Å². The normalized spacial score (nSPS) is 15.7. The molecule has 1 amide bonds. The minimum Gasteiger partial charge on any atom is -0.494 e. The molecule has 0 N–H and O–H groups in total. The van der Waals surface area contributed by atoms with Crippen molar-refractivity contribution in [3.63, 3.8) is 0 Å². The Bertz CT molecular complexity index is 458. The highest BCUT2D eigenvalue weighted by Crippen LogP contribution is 2.15. The van der Waals surface area contributed by atoms with Gasteiger partial charge in [-0.2, -0.15) is 0 Å². The van der Waals surface area contributed by atoms with Crippen molar-refractivity contribution in [2.75, 3.05) is 19.7 Å². The summed E-state index contributed by atoms with van der Waals surface area (Å²) in [4.78, 5) is 24.4.